The van der Waals surface area contributed by atoms with Crippen LogP contribution in [0.4, 0.5) is 5.82 Å². The van der Waals surface area contributed by atoms with Gasteiger partial charge in [-0.2, -0.15) is 0 Å². The van der Waals surface area contributed by atoms with E-state index in [0.717, 1.165) is 23.3 Å². The SMILES string of the molecule is CC1CCN(c2ncccc2Br)CC1O. The maximum absolute atomic E-state index is 9.82. The molecule has 1 saturated heterocycles. The topological polar surface area (TPSA) is 36.4 Å². The fourth-order valence-corrected chi connectivity index (χ4v) is 2.36. The van der Waals surface area contributed by atoms with Crippen LogP contribution in [0.5, 0.6) is 0 Å². The molecule has 4 heteroatoms. The van der Waals surface area contributed by atoms with Crippen molar-refractivity contribution in [2.45, 2.75) is 19.4 Å². The second-order valence-electron chi connectivity index (χ2n) is 4.09. The Morgan fingerprint density at radius 1 is 1.60 bits per heavy atom. The average Bonchev–Trinajstić information content (AvgIpc) is 2.23. The van der Waals surface area contributed by atoms with Crippen molar-refractivity contribution in [3.63, 3.8) is 0 Å². The van der Waals surface area contributed by atoms with Gasteiger partial charge in [-0.15, -0.1) is 0 Å². The van der Waals surface area contributed by atoms with E-state index in [4.69, 9.17) is 0 Å². The van der Waals surface area contributed by atoms with Crippen molar-refractivity contribution in [3.8, 4) is 0 Å². The molecular weight excluding hydrogens is 256 g/mol. The number of β-amino-alcohol motifs (C(OH)–C–C–N with tert-alkyl or cyclic N) is 1. The molecule has 1 aromatic heterocycles. The van der Waals surface area contributed by atoms with Gasteiger partial charge in [0.05, 0.1) is 10.6 Å². The number of pyridine rings is 1. The van der Waals surface area contributed by atoms with Crippen molar-refractivity contribution < 1.29 is 5.11 Å². The summed E-state index contributed by atoms with van der Waals surface area (Å²) in [5, 5.41) is 9.82. The highest BCUT2D eigenvalue weighted by Crippen LogP contribution is 2.27. The van der Waals surface area contributed by atoms with Gasteiger partial charge in [-0.3, -0.25) is 0 Å². The van der Waals surface area contributed by atoms with Crippen LogP contribution >= 0.6 is 15.9 Å². The molecule has 2 unspecified atom stereocenters. The van der Waals surface area contributed by atoms with Crippen molar-refractivity contribution in [3.05, 3.63) is 22.8 Å². The minimum atomic E-state index is -0.243. The van der Waals surface area contributed by atoms with E-state index in [9.17, 15) is 5.11 Å². The summed E-state index contributed by atoms with van der Waals surface area (Å²) in [7, 11) is 0. The highest BCUT2D eigenvalue weighted by atomic mass is 79.9. The normalized spacial score (nSPS) is 26.7. The summed E-state index contributed by atoms with van der Waals surface area (Å²) < 4.78 is 0.992. The van der Waals surface area contributed by atoms with Crippen molar-refractivity contribution in [1.82, 2.24) is 4.98 Å². The van der Waals surface area contributed by atoms with E-state index in [1.54, 1.807) is 6.20 Å². The molecule has 1 N–H and O–H groups in total. The van der Waals surface area contributed by atoms with Gasteiger partial charge in [-0.25, -0.2) is 4.98 Å². The Bertz CT molecular complexity index is 345. The van der Waals surface area contributed by atoms with Crippen LogP contribution in [0.2, 0.25) is 0 Å². The zero-order valence-corrected chi connectivity index (χ0v) is 10.3. The van der Waals surface area contributed by atoms with Crippen LogP contribution in [0, 0.1) is 5.92 Å². The molecule has 0 radical (unpaired) electrons. The molecule has 2 heterocycles. The number of aliphatic hydroxyl groups is 1. The Balaban J connectivity index is 2.15. The first-order valence-electron chi connectivity index (χ1n) is 5.22. The third-order valence-corrected chi connectivity index (χ3v) is 3.58. The molecule has 1 fully saturated rings. The third kappa shape index (κ3) is 2.32. The molecular formula is C11H15BrN2O. The van der Waals surface area contributed by atoms with Crippen LogP contribution in [-0.2, 0) is 0 Å². The quantitative estimate of drug-likeness (QED) is 0.849. The lowest BCUT2D eigenvalue weighted by atomic mass is 9.96. The van der Waals surface area contributed by atoms with Crippen LogP contribution < -0.4 is 4.90 Å². The fourth-order valence-electron chi connectivity index (χ4n) is 1.85. The number of aliphatic hydroxyl groups excluding tert-OH is 1. The van der Waals surface area contributed by atoms with E-state index in [1.165, 1.54) is 0 Å². The van der Waals surface area contributed by atoms with E-state index < -0.39 is 0 Å². The van der Waals surface area contributed by atoms with Crippen LogP contribution in [0.15, 0.2) is 22.8 Å². The molecule has 1 aliphatic heterocycles. The van der Waals surface area contributed by atoms with E-state index in [1.807, 2.05) is 12.1 Å². The van der Waals surface area contributed by atoms with Gasteiger partial charge in [0.15, 0.2) is 0 Å². The van der Waals surface area contributed by atoms with Gasteiger partial charge in [-0.1, -0.05) is 6.92 Å². The number of rotatable bonds is 1. The predicted molar refractivity (Wildman–Crippen MR) is 63.9 cm³/mol. The molecule has 1 aromatic rings. The van der Waals surface area contributed by atoms with Gasteiger partial charge >= 0.3 is 0 Å². The lowest BCUT2D eigenvalue weighted by Gasteiger charge is -2.35. The van der Waals surface area contributed by atoms with Crippen LogP contribution in [0.1, 0.15) is 13.3 Å². The third-order valence-electron chi connectivity index (χ3n) is 2.96. The molecule has 82 valence electrons. The first-order chi connectivity index (χ1) is 7.18. The number of hydrogen-bond acceptors (Lipinski definition) is 3. The van der Waals surface area contributed by atoms with Gasteiger partial charge in [-0.05, 0) is 40.4 Å². The smallest absolute Gasteiger partial charge is 0.142 e. The largest absolute Gasteiger partial charge is 0.391 e. The van der Waals surface area contributed by atoms with Crippen molar-refractivity contribution >= 4 is 21.7 Å². The molecule has 3 nitrogen and oxygen atoms in total. The van der Waals surface area contributed by atoms with Gasteiger partial charge in [0.25, 0.3) is 0 Å². The second kappa shape index (κ2) is 4.49. The second-order valence-corrected chi connectivity index (χ2v) is 4.94. The van der Waals surface area contributed by atoms with Gasteiger partial charge < -0.3 is 10.0 Å². The van der Waals surface area contributed by atoms with Crippen molar-refractivity contribution in [2.24, 2.45) is 5.92 Å². The summed E-state index contributed by atoms with van der Waals surface area (Å²) in [6, 6.07) is 3.88. The zero-order valence-electron chi connectivity index (χ0n) is 8.73. The first kappa shape index (κ1) is 10.9. The molecule has 1 aliphatic rings. The zero-order chi connectivity index (χ0) is 10.8. The highest BCUT2D eigenvalue weighted by Gasteiger charge is 2.25. The molecule has 0 bridgehead atoms. The summed E-state index contributed by atoms with van der Waals surface area (Å²) in [6.45, 7) is 3.74. The molecule has 0 aromatic carbocycles. The fraction of sp³-hybridized carbons (Fsp3) is 0.545. The number of aromatic nitrogens is 1. The van der Waals surface area contributed by atoms with Crippen LogP contribution in [-0.4, -0.2) is 29.3 Å². The summed E-state index contributed by atoms with van der Waals surface area (Å²) in [5.41, 5.74) is 0. The Morgan fingerprint density at radius 3 is 3.07 bits per heavy atom. The lowest BCUT2D eigenvalue weighted by molar-refractivity contribution is 0.102. The maximum Gasteiger partial charge on any atom is 0.142 e. The number of anilines is 1. The Kier molecular flexibility index (Phi) is 3.26. The summed E-state index contributed by atoms with van der Waals surface area (Å²) in [5.74, 6) is 1.33. The molecule has 2 rings (SSSR count). The number of piperidine rings is 1. The minimum Gasteiger partial charge on any atom is -0.391 e. The van der Waals surface area contributed by atoms with Crippen molar-refractivity contribution in [1.29, 1.82) is 0 Å². The number of hydrogen-bond donors (Lipinski definition) is 1. The standard InChI is InChI=1S/C11H15BrN2O/c1-8-4-6-14(7-10(8)15)11-9(12)3-2-5-13-11/h2-3,5,8,10,15H,4,6-7H2,1H3. The average molecular weight is 271 g/mol. The van der Waals surface area contributed by atoms with Gasteiger partial charge in [0.2, 0.25) is 0 Å². The van der Waals surface area contributed by atoms with Crippen LogP contribution in [0.3, 0.4) is 0 Å². The van der Waals surface area contributed by atoms with Gasteiger partial charge in [0.1, 0.15) is 5.82 Å². The Labute approximate surface area is 98.3 Å². The summed E-state index contributed by atoms with van der Waals surface area (Å²) in [6.07, 6.45) is 2.56. The van der Waals surface area contributed by atoms with Crippen molar-refractivity contribution in [2.75, 3.05) is 18.0 Å². The Morgan fingerprint density at radius 2 is 2.40 bits per heavy atom. The van der Waals surface area contributed by atoms with E-state index in [-0.39, 0.29) is 6.10 Å². The maximum atomic E-state index is 9.82. The summed E-state index contributed by atoms with van der Waals surface area (Å²) >= 11 is 3.48. The predicted octanol–water partition coefficient (Wildman–Crippen LogP) is 2.05. The Hall–Kier alpha value is -0.610. The van der Waals surface area contributed by atoms with E-state index >= 15 is 0 Å². The summed E-state index contributed by atoms with van der Waals surface area (Å²) in [4.78, 5) is 6.46. The number of halogens is 1. The molecule has 0 saturated carbocycles. The molecule has 15 heavy (non-hydrogen) atoms. The monoisotopic (exact) mass is 270 g/mol. The van der Waals surface area contributed by atoms with Crippen LogP contribution in [0.25, 0.3) is 0 Å². The highest BCUT2D eigenvalue weighted by molar-refractivity contribution is 9.10. The van der Waals surface area contributed by atoms with E-state index in [0.29, 0.717) is 12.5 Å². The molecule has 0 spiro atoms. The van der Waals surface area contributed by atoms with Gasteiger partial charge in [0, 0.05) is 19.3 Å². The molecule has 0 aliphatic carbocycles. The molecule has 2 atom stereocenters. The molecule has 0 amide bonds. The first-order valence-corrected chi connectivity index (χ1v) is 6.01. The van der Waals surface area contributed by atoms with E-state index in [2.05, 4.69) is 32.7 Å². The lowest BCUT2D eigenvalue weighted by Crippen LogP contribution is -2.43. The minimum absolute atomic E-state index is 0.243. The number of nitrogens with zero attached hydrogens (tertiary/aromatic N) is 2.